The van der Waals surface area contributed by atoms with Crippen LogP contribution in [-0.2, 0) is 24.1 Å². The summed E-state index contributed by atoms with van der Waals surface area (Å²) >= 11 is 5.74. The van der Waals surface area contributed by atoms with E-state index in [2.05, 4.69) is 134 Å². The van der Waals surface area contributed by atoms with E-state index in [1.54, 1.807) is 25.4 Å². The first-order valence-corrected chi connectivity index (χ1v) is 24.8. The maximum absolute atomic E-state index is 11.0. The largest absolute Gasteiger partial charge is 0.508 e. The number of unbranched alkanes of at least 4 members (excludes halogenated alkanes) is 1. The lowest BCUT2D eigenvalue weighted by molar-refractivity contribution is -0.118. The van der Waals surface area contributed by atoms with E-state index in [1.807, 2.05) is 50.0 Å². The number of nitrogens with zero attached hydrogens (tertiary/aromatic N) is 1. The predicted molar refractivity (Wildman–Crippen MR) is 280 cm³/mol. The first kappa shape index (κ1) is 70.5. The van der Waals surface area contributed by atoms with Crippen LogP contribution in [0.1, 0.15) is 159 Å². The van der Waals surface area contributed by atoms with Crippen molar-refractivity contribution in [3.63, 3.8) is 0 Å². The minimum atomic E-state index is -0.211. The summed E-state index contributed by atoms with van der Waals surface area (Å²) < 4.78 is 0. The lowest BCUT2D eigenvalue weighted by atomic mass is 10.2. The number of benzene rings is 2. The maximum atomic E-state index is 11.0. The summed E-state index contributed by atoms with van der Waals surface area (Å²) in [6.07, 6.45) is 14.2. The number of nitrogens with one attached hydrogen (secondary N) is 3. The zero-order chi connectivity index (χ0) is 48.8. The molecule has 4 rings (SSSR count). The van der Waals surface area contributed by atoms with Gasteiger partial charge >= 0.3 is 6.03 Å². The summed E-state index contributed by atoms with van der Waals surface area (Å²) in [7, 11) is 0. The van der Waals surface area contributed by atoms with Gasteiger partial charge in [0.25, 0.3) is 0 Å². The summed E-state index contributed by atoms with van der Waals surface area (Å²) in [5, 5.41) is 22.7. The van der Waals surface area contributed by atoms with Gasteiger partial charge in [-0.05, 0) is 92.8 Å². The number of aryl methyl sites for hydroxylation is 3. The van der Waals surface area contributed by atoms with Crippen LogP contribution >= 0.6 is 24.4 Å². The number of aliphatic hydroxyl groups is 1. The minimum Gasteiger partial charge on any atom is -0.508 e. The molecule has 0 spiro atoms. The van der Waals surface area contributed by atoms with E-state index in [1.165, 1.54) is 48.9 Å². The standard InChI is InChI=1S/C8H16N2OS.C8H10O.C8H10.C5H8N2.C5H12.C4H9NO.C4H11N.C4H10.C2H6O.C2H6S/c1-2-3-7-6-10-8(11)9-4-5-12-7;1-2-7-3-5-8(9)6-4-7;1-2-8-6-4-3-5-7-8;1-2-5-3-6-4-7-5;1-4-5(2)3;1-2-3-4(5)6;1-2-3-4-5;1-4(2)3;2*1-2-3/h7H,2-6H2,1H3,(H2,9,10,11);3-6,9H,2H2,1H3;3-7H,2H2,1H3;3-4H,2H2,1H3,(H,6,7);5H,4H2,1-3H3;2-3H2,1H3,(H2,5,6);2-5H2,1H3;4H,1-3H3;2*3H,2H2,1H3. The molecule has 0 aliphatic carbocycles. The molecule has 9 N–H and O–H groups in total. The number of H-pyrrole nitrogens is 1. The number of phenols is 1. The van der Waals surface area contributed by atoms with Gasteiger partial charge in [0.05, 0.1) is 6.33 Å². The number of carbonyl (C=O) groups excluding carboxylic acids is 2. The molecule has 1 aliphatic rings. The van der Waals surface area contributed by atoms with Gasteiger partial charge in [0.2, 0.25) is 5.91 Å². The van der Waals surface area contributed by atoms with Crippen molar-refractivity contribution < 1.29 is 19.8 Å². The van der Waals surface area contributed by atoms with Gasteiger partial charge in [0, 0.05) is 49.0 Å². The number of carbonyl (C=O) groups is 2. The average Bonchev–Trinajstić information content (AvgIpc) is 3.78. The molecule has 2 aromatic carbocycles. The number of aromatic hydroxyl groups is 1. The number of amides is 3. The van der Waals surface area contributed by atoms with Crippen LogP contribution in [0.15, 0.2) is 67.1 Å². The minimum absolute atomic E-state index is 0.0172. The monoisotopic (exact) mass is 911 g/mol. The highest BCUT2D eigenvalue weighted by Gasteiger charge is 2.12. The molecule has 1 saturated heterocycles. The highest BCUT2D eigenvalue weighted by Crippen LogP contribution is 2.15. The number of imidazole rings is 1. The van der Waals surface area contributed by atoms with Crippen LogP contribution in [0.4, 0.5) is 4.79 Å². The summed E-state index contributed by atoms with van der Waals surface area (Å²) in [5.41, 5.74) is 13.8. The number of thioether (sulfide) groups is 1. The molecule has 0 bridgehead atoms. The van der Waals surface area contributed by atoms with Crippen LogP contribution in [0.2, 0.25) is 0 Å². The van der Waals surface area contributed by atoms with Gasteiger partial charge in [-0.3, -0.25) is 4.79 Å². The number of aromatic nitrogens is 2. The Balaban J connectivity index is -0.000000145. The number of rotatable bonds is 10. The lowest BCUT2D eigenvalue weighted by Gasteiger charge is -2.19. The van der Waals surface area contributed by atoms with Crippen molar-refractivity contribution in [2.24, 2.45) is 23.3 Å². The second-order valence-corrected chi connectivity index (χ2v) is 16.8. The fourth-order valence-electron chi connectivity index (χ4n) is 3.60. The van der Waals surface area contributed by atoms with Gasteiger partial charge < -0.3 is 37.3 Å². The van der Waals surface area contributed by atoms with E-state index < -0.39 is 0 Å². The SMILES string of the molecule is CC(C)C.CCC(C)C.CCCC(N)=O.CCCC1CNC(=O)NCCS1.CCCCN.CCO.CCS.CCc1ccc(O)cc1.CCc1ccccc1.CCc1cnc[nH]1. The van der Waals surface area contributed by atoms with Crippen molar-refractivity contribution in [3.05, 3.63) is 83.9 Å². The van der Waals surface area contributed by atoms with Crippen molar-refractivity contribution in [3.8, 4) is 5.75 Å². The molecule has 1 aromatic heterocycles. The zero-order valence-electron chi connectivity index (χ0n) is 42.1. The Morgan fingerprint density at radius 2 is 1.34 bits per heavy atom. The normalized spacial score (nSPS) is 11.9. The van der Waals surface area contributed by atoms with Gasteiger partial charge in [-0.1, -0.05) is 152 Å². The van der Waals surface area contributed by atoms with E-state index in [9.17, 15) is 9.59 Å². The summed E-state index contributed by atoms with van der Waals surface area (Å²) in [5.74, 6) is 3.83. The molecule has 3 aromatic rings. The van der Waals surface area contributed by atoms with Crippen LogP contribution in [-0.4, -0.2) is 75.1 Å². The highest BCUT2D eigenvalue weighted by atomic mass is 32.2. The Bertz CT molecular complexity index is 1230. The Morgan fingerprint density at radius 1 is 0.839 bits per heavy atom. The van der Waals surface area contributed by atoms with E-state index in [0.717, 1.165) is 68.7 Å². The van der Waals surface area contributed by atoms with Gasteiger partial charge in [0.1, 0.15) is 5.75 Å². The van der Waals surface area contributed by atoms with Crippen molar-refractivity contribution >= 4 is 36.3 Å². The topological polar surface area (TPSA) is 179 Å². The molecule has 62 heavy (non-hydrogen) atoms. The van der Waals surface area contributed by atoms with E-state index in [4.69, 9.17) is 21.7 Å². The number of primary amides is 1. The third-order valence-electron chi connectivity index (χ3n) is 7.24. The van der Waals surface area contributed by atoms with Gasteiger partial charge in [-0.2, -0.15) is 24.4 Å². The number of hydrogen-bond acceptors (Lipinski definition) is 8. The fourth-order valence-corrected chi connectivity index (χ4v) is 4.76. The highest BCUT2D eigenvalue weighted by molar-refractivity contribution is 7.99. The molecule has 1 aliphatic heterocycles. The predicted octanol–water partition coefficient (Wildman–Crippen LogP) is 12.0. The molecular formula is C50H98N6O4S2. The van der Waals surface area contributed by atoms with E-state index in [0.29, 0.717) is 17.4 Å². The zero-order valence-corrected chi connectivity index (χ0v) is 43.8. The smallest absolute Gasteiger partial charge is 0.314 e. The van der Waals surface area contributed by atoms with Crippen molar-refractivity contribution in [2.45, 2.75) is 166 Å². The van der Waals surface area contributed by atoms with Crippen LogP contribution in [0.5, 0.6) is 5.75 Å². The third-order valence-corrected chi connectivity index (χ3v) is 8.56. The molecule has 10 nitrogen and oxygen atoms in total. The Morgan fingerprint density at radius 3 is 1.63 bits per heavy atom. The Kier molecular flexibility index (Phi) is 68.1. The lowest BCUT2D eigenvalue weighted by Crippen LogP contribution is -2.42. The third kappa shape index (κ3) is 71.3. The number of thiol groups is 1. The number of phenolic OH excluding ortho intramolecular Hbond substituents is 1. The molecule has 0 saturated carbocycles. The first-order chi connectivity index (χ1) is 29.5. The van der Waals surface area contributed by atoms with Gasteiger partial charge in [0.15, 0.2) is 0 Å². The van der Waals surface area contributed by atoms with Crippen LogP contribution in [0.25, 0.3) is 0 Å². The average molecular weight is 912 g/mol. The summed E-state index contributed by atoms with van der Waals surface area (Å²) in [6.45, 7) is 32.1. The van der Waals surface area contributed by atoms with Crippen LogP contribution in [0, 0.1) is 11.8 Å². The quantitative estimate of drug-likeness (QED) is 0.0932. The second-order valence-electron chi connectivity index (χ2n) is 14.7. The van der Waals surface area contributed by atoms with Gasteiger partial charge in [-0.15, -0.1) is 0 Å². The first-order valence-electron chi connectivity index (χ1n) is 23.2. The molecule has 12 heteroatoms. The molecule has 1 unspecified atom stereocenters. The van der Waals surface area contributed by atoms with E-state index in [-0.39, 0.29) is 18.5 Å². The summed E-state index contributed by atoms with van der Waals surface area (Å²) in [6, 6.07) is 17.7. The van der Waals surface area contributed by atoms with Crippen molar-refractivity contribution in [1.82, 2.24) is 20.6 Å². The Hall–Kier alpha value is -3.19. The van der Waals surface area contributed by atoms with Gasteiger partial charge in [-0.25, -0.2) is 9.78 Å². The molecule has 1 fully saturated rings. The number of aliphatic hydroxyl groups excluding tert-OH is 1. The molecule has 2 heterocycles. The number of nitrogens with two attached hydrogens (primary N) is 2. The molecule has 3 amide bonds. The molecule has 1 atom stereocenters. The number of urea groups is 1. The van der Waals surface area contributed by atoms with Crippen LogP contribution in [0.3, 0.4) is 0 Å². The van der Waals surface area contributed by atoms with E-state index >= 15 is 0 Å². The van der Waals surface area contributed by atoms with Crippen LogP contribution < -0.4 is 22.1 Å². The number of hydrogen-bond donors (Lipinski definition) is 8. The Labute approximate surface area is 392 Å². The summed E-state index contributed by atoms with van der Waals surface area (Å²) in [4.78, 5) is 27.6. The number of aromatic amines is 1. The molecule has 0 radical (unpaired) electrons. The maximum Gasteiger partial charge on any atom is 0.314 e. The molecular weight excluding hydrogens is 813 g/mol. The van der Waals surface area contributed by atoms with Crippen molar-refractivity contribution in [2.75, 3.05) is 37.7 Å². The molecule has 364 valence electrons. The van der Waals surface area contributed by atoms with Crippen molar-refractivity contribution in [1.29, 1.82) is 0 Å². The fraction of sp³-hybridized carbons (Fsp3) is 0.660. The second kappa shape index (κ2) is 59.9.